The van der Waals surface area contributed by atoms with Gasteiger partial charge in [0.1, 0.15) is 5.82 Å². The van der Waals surface area contributed by atoms with Crippen LogP contribution < -0.4 is 9.47 Å². The Kier molecular flexibility index (Phi) is 6.13. The third kappa shape index (κ3) is 4.42. The van der Waals surface area contributed by atoms with Gasteiger partial charge in [0, 0.05) is 31.7 Å². The zero-order valence-corrected chi connectivity index (χ0v) is 16.0. The number of hydrogen-bond donors (Lipinski definition) is 0. The number of ether oxygens (including phenoxy) is 2. The van der Waals surface area contributed by atoms with Gasteiger partial charge in [-0.3, -0.25) is 9.59 Å². The molecule has 28 heavy (non-hydrogen) atoms. The molecule has 6 nitrogen and oxygen atoms in total. The number of halogens is 1. The van der Waals surface area contributed by atoms with Crippen LogP contribution in [0.2, 0.25) is 0 Å². The monoisotopic (exact) mass is 386 g/mol. The van der Waals surface area contributed by atoms with Crippen molar-refractivity contribution in [3.8, 4) is 11.5 Å². The number of carbonyl (C=O) groups excluding carboxylic acids is 2. The molecule has 0 spiro atoms. The SMILES string of the molecule is COc1ccc(CC(=O)N2CCN(C(=O)c3ccc(F)cc3)CC2)cc1OC. The Bertz CT molecular complexity index is 846. The maximum atomic E-state index is 13.0. The Hall–Kier alpha value is -3.09. The maximum absolute atomic E-state index is 13.0. The molecule has 148 valence electrons. The molecule has 7 heteroatoms. The Labute approximate surface area is 163 Å². The van der Waals surface area contributed by atoms with Crippen molar-refractivity contribution in [1.29, 1.82) is 0 Å². The van der Waals surface area contributed by atoms with Crippen LogP contribution in [0.25, 0.3) is 0 Å². The first-order valence-corrected chi connectivity index (χ1v) is 9.05. The Balaban J connectivity index is 1.56. The lowest BCUT2D eigenvalue weighted by Gasteiger charge is -2.35. The van der Waals surface area contributed by atoms with Crippen LogP contribution in [0, 0.1) is 5.82 Å². The Morgan fingerprint density at radius 1 is 0.893 bits per heavy atom. The van der Waals surface area contributed by atoms with Crippen molar-refractivity contribution >= 4 is 11.8 Å². The molecule has 1 fully saturated rings. The fourth-order valence-corrected chi connectivity index (χ4v) is 3.21. The zero-order chi connectivity index (χ0) is 20.1. The van der Waals surface area contributed by atoms with E-state index < -0.39 is 0 Å². The topological polar surface area (TPSA) is 59.1 Å². The standard InChI is InChI=1S/C21H23FN2O4/c1-27-18-8-3-15(13-19(18)28-2)14-20(25)23-9-11-24(12-10-23)21(26)16-4-6-17(22)7-5-16/h3-8,13H,9-12,14H2,1-2H3. The fourth-order valence-electron chi connectivity index (χ4n) is 3.21. The third-order valence-electron chi connectivity index (χ3n) is 4.81. The third-order valence-corrected chi connectivity index (χ3v) is 4.81. The van der Waals surface area contributed by atoms with Gasteiger partial charge in [0.15, 0.2) is 11.5 Å². The molecule has 1 aliphatic rings. The van der Waals surface area contributed by atoms with Crippen LogP contribution in [-0.4, -0.2) is 62.0 Å². The largest absolute Gasteiger partial charge is 0.493 e. The van der Waals surface area contributed by atoms with Crippen molar-refractivity contribution in [3.05, 3.63) is 59.4 Å². The van der Waals surface area contributed by atoms with Gasteiger partial charge in [-0.25, -0.2) is 4.39 Å². The van der Waals surface area contributed by atoms with Crippen molar-refractivity contribution in [2.45, 2.75) is 6.42 Å². The number of amides is 2. The van der Waals surface area contributed by atoms with Gasteiger partial charge < -0.3 is 19.3 Å². The quantitative estimate of drug-likeness (QED) is 0.792. The second kappa shape index (κ2) is 8.73. The smallest absolute Gasteiger partial charge is 0.253 e. The molecule has 3 rings (SSSR count). The molecule has 0 atom stereocenters. The molecule has 1 aliphatic heterocycles. The lowest BCUT2D eigenvalue weighted by molar-refractivity contribution is -0.131. The van der Waals surface area contributed by atoms with E-state index in [1.807, 2.05) is 6.07 Å². The van der Waals surface area contributed by atoms with E-state index >= 15 is 0 Å². The van der Waals surface area contributed by atoms with Crippen molar-refractivity contribution in [2.24, 2.45) is 0 Å². The molecule has 2 aromatic carbocycles. The summed E-state index contributed by atoms with van der Waals surface area (Å²) in [6.45, 7) is 1.85. The number of methoxy groups -OCH3 is 2. The molecule has 0 unspecified atom stereocenters. The van der Waals surface area contributed by atoms with Gasteiger partial charge in [-0.2, -0.15) is 0 Å². The minimum Gasteiger partial charge on any atom is -0.493 e. The summed E-state index contributed by atoms with van der Waals surface area (Å²) in [4.78, 5) is 28.5. The van der Waals surface area contributed by atoms with Crippen molar-refractivity contribution < 1.29 is 23.5 Å². The Morgan fingerprint density at radius 2 is 1.50 bits per heavy atom. The summed E-state index contributed by atoms with van der Waals surface area (Å²) < 4.78 is 23.5. The van der Waals surface area contributed by atoms with E-state index in [2.05, 4.69) is 0 Å². The number of nitrogens with zero attached hydrogens (tertiary/aromatic N) is 2. The van der Waals surface area contributed by atoms with Gasteiger partial charge in [0.25, 0.3) is 5.91 Å². The van der Waals surface area contributed by atoms with Gasteiger partial charge in [-0.05, 0) is 42.0 Å². The summed E-state index contributed by atoms with van der Waals surface area (Å²) in [5.41, 5.74) is 1.29. The Morgan fingerprint density at radius 3 is 2.11 bits per heavy atom. The predicted molar refractivity (Wildman–Crippen MR) is 102 cm³/mol. The first-order valence-electron chi connectivity index (χ1n) is 9.05. The van der Waals surface area contributed by atoms with Crippen molar-refractivity contribution in [1.82, 2.24) is 9.80 Å². The second-order valence-electron chi connectivity index (χ2n) is 6.55. The first kappa shape index (κ1) is 19.7. The summed E-state index contributed by atoms with van der Waals surface area (Å²) in [5, 5.41) is 0. The molecular formula is C21H23FN2O4. The molecule has 0 saturated carbocycles. The van der Waals surface area contributed by atoms with Crippen LogP contribution in [0.4, 0.5) is 4.39 Å². The fraction of sp³-hybridized carbons (Fsp3) is 0.333. The van der Waals surface area contributed by atoms with E-state index in [4.69, 9.17) is 9.47 Å². The van der Waals surface area contributed by atoms with Crippen LogP contribution in [0.15, 0.2) is 42.5 Å². The van der Waals surface area contributed by atoms with Gasteiger partial charge in [0.2, 0.25) is 5.91 Å². The van der Waals surface area contributed by atoms with Crippen molar-refractivity contribution in [2.75, 3.05) is 40.4 Å². The second-order valence-corrected chi connectivity index (χ2v) is 6.55. The average Bonchev–Trinajstić information content (AvgIpc) is 2.73. The molecular weight excluding hydrogens is 363 g/mol. The molecule has 2 aromatic rings. The molecule has 0 aliphatic carbocycles. The lowest BCUT2D eigenvalue weighted by atomic mass is 10.1. The number of rotatable bonds is 5. The highest BCUT2D eigenvalue weighted by molar-refractivity contribution is 5.94. The van der Waals surface area contributed by atoms with Gasteiger partial charge in [0.05, 0.1) is 20.6 Å². The van der Waals surface area contributed by atoms with E-state index in [1.54, 1.807) is 36.2 Å². The maximum Gasteiger partial charge on any atom is 0.253 e. The molecule has 0 radical (unpaired) electrons. The highest BCUT2D eigenvalue weighted by Crippen LogP contribution is 2.28. The number of carbonyl (C=O) groups is 2. The molecule has 2 amide bonds. The van der Waals surface area contributed by atoms with Crippen LogP contribution in [0.3, 0.4) is 0 Å². The summed E-state index contributed by atoms with van der Waals surface area (Å²) in [5.74, 6) is 0.685. The molecule has 0 aromatic heterocycles. The average molecular weight is 386 g/mol. The minimum absolute atomic E-state index is 0.00102. The van der Waals surface area contributed by atoms with E-state index in [0.29, 0.717) is 43.2 Å². The number of hydrogen-bond acceptors (Lipinski definition) is 4. The summed E-state index contributed by atoms with van der Waals surface area (Å²) in [6.07, 6.45) is 0.256. The normalized spacial score (nSPS) is 14.0. The van der Waals surface area contributed by atoms with E-state index in [0.717, 1.165) is 5.56 Å². The predicted octanol–water partition coefficient (Wildman–Crippen LogP) is 2.37. The van der Waals surface area contributed by atoms with Gasteiger partial charge >= 0.3 is 0 Å². The van der Waals surface area contributed by atoms with Crippen LogP contribution >= 0.6 is 0 Å². The van der Waals surface area contributed by atoms with E-state index in [9.17, 15) is 14.0 Å². The van der Waals surface area contributed by atoms with E-state index in [1.165, 1.54) is 24.3 Å². The van der Waals surface area contributed by atoms with E-state index in [-0.39, 0.29) is 24.1 Å². The molecule has 1 heterocycles. The molecule has 0 N–H and O–H groups in total. The summed E-state index contributed by atoms with van der Waals surface area (Å²) in [6, 6.07) is 10.9. The number of piperazine rings is 1. The number of benzene rings is 2. The zero-order valence-electron chi connectivity index (χ0n) is 16.0. The highest BCUT2D eigenvalue weighted by Gasteiger charge is 2.25. The van der Waals surface area contributed by atoms with Gasteiger partial charge in [-0.15, -0.1) is 0 Å². The van der Waals surface area contributed by atoms with Crippen LogP contribution in [-0.2, 0) is 11.2 Å². The lowest BCUT2D eigenvalue weighted by Crippen LogP contribution is -2.51. The van der Waals surface area contributed by atoms with Crippen LogP contribution in [0.1, 0.15) is 15.9 Å². The minimum atomic E-state index is -0.373. The highest BCUT2D eigenvalue weighted by atomic mass is 19.1. The van der Waals surface area contributed by atoms with Gasteiger partial charge in [-0.1, -0.05) is 6.07 Å². The van der Waals surface area contributed by atoms with Crippen molar-refractivity contribution in [3.63, 3.8) is 0 Å². The molecule has 0 bridgehead atoms. The molecule has 1 saturated heterocycles. The van der Waals surface area contributed by atoms with Crippen LogP contribution in [0.5, 0.6) is 11.5 Å². The first-order chi connectivity index (χ1) is 13.5. The summed E-state index contributed by atoms with van der Waals surface area (Å²) >= 11 is 0. The summed E-state index contributed by atoms with van der Waals surface area (Å²) in [7, 11) is 3.12.